The average molecular weight is 1000 g/mol. The number of anilines is 3. The van der Waals surface area contributed by atoms with E-state index in [0.29, 0.717) is 32.6 Å². The fourth-order valence-corrected chi connectivity index (χ4v) is 13.6. The standard InChI is InChI=1S/C42H56N7O10S4Si2/c1-26-22-29(46-39(51)57-18-20-64(6)7)24-32(47-40(52)58-19-21-65(8,9)10)35(26)27-12-11-13-31(23-27)62(54,49-63(55,56)30-16-14-28(15-17-30)45-38(44)50)34-25-33(61-37(34)60-5)36(43)48-41(53)59-42(2,3)4/h11-17,22-25H,18-21H2,1-10H3,(H,46,51)(H,47,52)(H2,43,48,53)(H3,44,45,50). The van der Waals surface area contributed by atoms with Crippen LogP contribution in [0.25, 0.3) is 11.1 Å². The molecular weight excluding hydrogens is 947 g/mol. The Labute approximate surface area is 391 Å². The van der Waals surface area contributed by atoms with Gasteiger partial charge in [-0.25, -0.2) is 23.4 Å². The first-order valence-electron chi connectivity index (χ1n) is 20.1. The van der Waals surface area contributed by atoms with E-state index in [1.807, 2.05) is 0 Å². The van der Waals surface area contributed by atoms with Crippen molar-refractivity contribution >= 4 is 107 Å². The van der Waals surface area contributed by atoms with Crippen LogP contribution in [-0.2, 0) is 34.0 Å². The van der Waals surface area contributed by atoms with E-state index in [1.165, 1.54) is 48.5 Å². The summed E-state index contributed by atoms with van der Waals surface area (Å²) in [6.07, 6.45) is -0.648. The number of thiophene rings is 1. The second-order valence-electron chi connectivity index (χ2n) is 17.1. The van der Waals surface area contributed by atoms with E-state index in [1.54, 1.807) is 52.1 Å². The molecule has 0 spiro atoms. The minimum atomic E-state index is -4.76. The Morgan fingerprint density at radius 1 is 0.862 bits per heavy atom. The van der Waals surface area contributed by atoms with Crippen molar-refractivity contribution in [2.24, 2.45) is 9.50 Å². The van der Waals surface area contributed by atoms with Crippen molar-refractivity contribution in [3.05, 3.63) is 77.2 Å². The maximum absolute atomic E-state index is 15.9. The number of hydrogen-bond acceptors (Lipinski definition) is 13. The highest BCUT2D eigenvalue weighted by molar-refractivity contribution is 8.05. The molecule has 65 heavy (non-hydrogen) atoms. The molecule has 1 aromatic heterocycles. The van der Waals surface area contributed by atoms with Crippen LogP contribution in [-0.4, -0.2) is 84.7 Å². The molecule has 351 valence electrons. The van der Waals surface area contributed by atoms with Crippen LogP contribution in [0.15, 0.2) is 89.4 Å². The molecule has 5 amide bonds. The van der Waals surface area contributed by atoms with Crippen LogP contribution in [0.4, 0.5) is 36.2 Å². The number of amides is 5. The van der Waals surface area contributed by atoms with Gasteiger partial charge in [0, 0.05) is 33.8 Å². The van der Waals surface area contributed by atoms with Crippen LogP contribution < -0.4 is 27.0 Å². The number of ether oxygens (including phenoxy) is 3. The molecule has 0 bridgehead atoms. The van der Waals surface area contributed by atoms with Crippen molar-refractivity contribution in [1.29, 1.82) is 5.41 Å². The summed E-state index contributed by atoms with van der Waals surface area (Å²) in [5.74, 6) is -0.386. The Kier molecular flexibility index (Phi) is 17.6. The first-order chi connectivity index (χ1) is 30.2. The fraction of sp³-hybridized carbons (Fsp3) is 0.357. The van der Waals surface area contributed by atoms with Crippen molar-refractivity contribution in [3.63, 3.8) is 0 Å². The van der Waals surface area contributed by atoms with Crippen molar-refractivity contribution in [2.45, 2.75) is 97.0 Å². The number of nitrogens with one attached hydrogen (secondary N) is 5. The lowest BCUT2D eigenvalue weighted by Crippen LogP contribution is -2.36. The summed E-state index contributed by atoms with van der Waals surface area (Å²) in [5.41, 5.74) is 6.46. The number of benzene rings is 3. The number of carbonyl (C=O) groups excluding carboxylic acids is 4. The average Bonchev–Trinajstić information content (AvgIpc) is 3.62. The third kappa shape index (κ3) is 15.4. The molecule has 0 aliphatic carbocycles. The zero-order chi connectivity index (χ0) is 48.5. The number of hydrogen-bond donors (Lipinski definition) is 6. The van der Waals surface area contributed by atoms with E-state index in [0.717, 1.165) is 29.1 Å². The monoisotopic (exact) mass is 1000 g/mol. The van der Waals surface area contributed by atoms with Crippen LogP contribution in [0.2, 0.25) is 44.8 Å². The van der Waals surface area contributed by atoms with Gasteiger partial charge >= 0.3 is 24.3 Å². The summed E-state index contributed by atoms with van der Waals surface area (Å²) in [7, 11) is -11.2. The third-order valence-corrected chi connectivity index (χ3v) is 18.6. The number of urea groups is 1. The van der Waals surface area contributed by atoms with Crippen LogP contribution >= 0.6 is 23.1 Å². The predicted octanol–water partition coefficient (Wildman–Crippen LogP) is 10.3. The normalized spacial score (nSPS) is 12.7. The number of nitrogens with zero attached hydrogens (tertiary/aromatic N) is 1. The van der Waals surface area contributed by atoms with Crippen molar-refractivity contribution in [2.75, 3.05) is 35.4 Å². The highest BCUT2D eigenvalue weighted by Gasteiger charge is 2.30. The summed E-state index contributed by atoms with van der Waals surface area (Å²) >= 11 is 2.13. The maximum Gasteiger partial charge on any atom is 0.413 e. The number of aryl methyl sites for hydroxylation is 1. The second-order valence-corrected chi connectivity index (χ2v) is 31.7. The third-order valence-electron chi connectivity index (χ3n) is 8.83. The number of rotatable bonds is 16. The minimum Gasteiger partial charge on any atom is -0.450 e. The maximum atomic E-state index is 15.9. The number of sulfonamides is 1. The SMILES string of the molecule is CSc1sc(C(=N)NC(=O)OC(C)(C)C)cc1S(=O)(=NS(=O)(=O)c1ccc(NC(N)=O)cc1)c1cccc(-c2c(C)cc(NC(=O)OCC[Si](C)C)cc2NC(=O)OCC[Si](C)(C)C)c1. The number of alkyl carbamates (subject to hydrolysis) is 1. The highest BCUT2D eigenvalue weighted by atomic mass is 32.3. The molecule has 17 nitrogen and oxygen atoms in total. The summed E-state index contributed by atoms with van der Waals surface area (Å²) < 4.78 is 65.1. The Bertz CT molecular complexity index is 2670. The van der Waals surface area contributed by atoms with Crippen LogP contribution in [0.5, 0.6) is 0 Å². The van der Waals surface area contributed by atoms with Gasteiger partial charge < -0.3 is 25.3 Å². The lowest BCUT2D eigenvalue weighted by molar-refractivity contribution is 0.0563. The molecule has 1 radical (unpaired) electrons. The van der Waals surface area contributed by atoms with Crippen molar-refractivity contribution < 1.29 is 46.0 Å². The fourth-order valence-electron chi connectivity index (χ4n) is 5.79. The summed E-state index contributed by atoms with van der Waals surface area (Å²) in [5, 5.41) is 19.0. The van der Waals surface area contributed by atoms with Crippen LogP contribution in [0, 0.1) is 12.3 Å². The summed E-state index contributed by atoms with van der Waals surface area (Å²) in [6.45, 7) is 17.8. The molecule has 7 N–H and O–H groups in total. The zero-order valence-corrected chi connectivity index (χ0v) is 43.2. The van der Waals surface area contributed by atoms with Gasteiger partial charge in [-0.1, -0.05) is 48.6 Å². The minimum absolute atomic E-state index is 0.0491. The Morgan fingerprint density at radius 2 is 1.51 bits per heavy atom. The molecule has 1 atom stereocenters. The van der Waals surface area contributed by atoms with Crippen LogP contribution in [0.3, 0.4) is 0 Å². The summed E-state index contributed by atoms with van der Waals surface area (Å²) in [6, 6.07) is 16.3. The lowest BCUT2D eigenvalue weighted by Gasteiger charge is -2.19. The first kappa shape index (κ1) is 52.4. The molecule has 0 saturated carbocycles. The molecule has 4 aromatic rings. The number of primary amides is 1. The quantitative estimate of drug-likeness (QED) is 0.0202. The van der Waals surface area contributed by atoms with Gasteiger partial charge in [0.25, 0.3) is 10.0 Å². The Morgan fingerprint density at radius 3 is 2.11 bits per heavy atom. The number of thioether (sulfide) groups is 1. The number of carbonyl (C=O) groups is 4. The Balaban J connectivity index is 1.94. The van der Waals surface area contributed by atoms with E-state index >= 15 is 4.21 Å². The number of nitrogens with two attached hydrogens (primary N) is 1. The molecule has 0 saturated heterocycles. The van der Waals surface area contributed by atoms with E-state index in [2.05, 4.69) is 57.8 Å². The predicted molar refractivity (Wildman–Crippen MR) is 263 cm³/mol. The summed E-state index contributed by atoms with van der Waals surface area (Å²) in [4.78, 5) is 49.9. The van der Waals surface area contributed by atoms with Crippen molar-refractivity contribution in [1.82, 2.24) is 5.32 Å². The molecule has 1 heterocycles. The molecule has 0 fully saturated rings. The van der Waals surface area contributed by atoms with Gasteiger partial charge in [0.1, 0.15) is 21.2 Å². The van der Waals surface area contributed by atoms with Crippen LogP contribution in [0.1, 0.15) is 31.2 Å². The van der Waals surface area contributed by atoms with Gasteiger partial charge in [-0.05, 0) is 112 Å². The molecule has 23 heteroatoms. The molecule has 3 aromatic carbocycles. The second kappa shape index (κ2) is 21.9. The molecule has 4 rings (SSSR count). The van der Waals surface area contributed by atoms with Gasteiger partial charge in [-0.3, -0.25) is 21.4 Å². The van der Waals surface area contributed by atoms with Gasteiger partial charge in [0.05, 0.1) is 42.7 Å². The lowest BCUT2D eigenvalue weighted by atomic mass is 9.97. The van der Waals surface area contributed by atoms with Gasteiger partial charge in [-0.2, -0.15) is 8.42 Å². The van der Waals surface area contributed by atoms with E-state index in [4.69, 9.17) is 25.4 Å². The topological polar surface area (TPSA) is 258 Å². The van der Waals surface area contributed by atoms with E-state index < -0.39 is 66.5 Å². The van der Waals surface area contributed by atoms with E-state index in [9.17, 15) is 27.6 Å². The smallest absolute Gasteiger partial charge is 0.413 e. The first-order valence-corrected chi connectivity index (χ1v) is 31.5. The molecule has 0 aliphatic rings. The van der Waals surface area contributed by atoms with Gasteiger partial charge in [-0.15, -0.1) is 23.1 Å². The van der Waals surface area contributed by atoms with E-state index in [-0.39, 0.29) is 50.0 Å². The highest BCUT2D eigenvalue weighted by Crippen LogP contribution is 2.42. The van der Waals surface area contributed by atoms with Gasteiger partial charge in [0.15, 0.2) is 0 Å². The largest absolute Gasteiger partial charge is 0.450 e. The Hall–Kier alpha value is -5.21. The zero-order valence-electron chi connectivity index (χ0n) is 37.9. The number of amidine groups is 1. The molecule has 1 unspecified atom stereocenters. The van der Waals surface area contributed by atoms with Gasteiger partial charge in [0.2, 0.25) is 0 Å². The van der Waals surface area contributed by atoms with Crippen molar-refractivity contribution in [3.8, 4) is 11.1 Å². The molecular formula is C42H56N7O10S4Si2. The molecule has 0 aliphatic heterocycles.